The number of carbonyl (C=O) groups is 1. The van der Waals surface area contributed by atoms with Gasteiger partial charge in [-0.15, -0.1) is 0 Å². The van der Waals surface area contributed by atoms with Gasteiger partial charge in [0.1, 0.15) is 6.04 Å². The van der Waals surface area contributed by atoms with Gasteiger partial charge in [-0.05, 0) is 18.2 Å². The van der Waals surface area contributed by atoms with Crippen molar-refractivity contribution in [1.82, 2.24) is 9.62 Å². The fourth-order valence-corrected chi connectivity index (χ4v) is 5.67. The highest BCUT2D eigenvalue weighted by Crippen LogP contribution is 2.17. The third-order valence-electron chi connectivity index (χ3n) is 5.85. The standard InChI is InChI=1S/C23H31N3O3S/c1-3-26(4-2)30(28,29)21-14-10-13-20(17-21)23(27)24-18-22(25-15-8-9-16-25)19-11-6-5-7-12-19/h5-7,10-14,17,22H,3-4,8-9,15-16,18H2,1-2H3,(H,24,27)/p+1/t22-/m0/s1. The first-order valence-corrected chi connectivity index (χ1v) is 12.2. The molecule has 2 N–H and O–H groups in total. The number of sulfonamides is 1. The molecule has 1 amide bonds. The van der Waals surface area contributed by atoms with Gasteiger partial charge in [-0.2, -0.15) is 4.31 Å². The van der Waals surface area contributed by atoms with Gasteiger partial charge in [-0.25, -0.2) is 8.42 Å². The highest BCUT2D eigenvalue weighted by Gasteiger charge is 2.28. The fraction of sp³-hybridized carbons (Fsp3) is 0.435. The Labute approximate surface area is 179 Å². The van der Waals surface area contributed by atoms with Crippen LogP contribution < -0.4 is 10.2 Å². The van der Waals surface area contributed by atoms with Crippen LogP contribution in [0.1, 0.15) is 48.7 Å². The number of amides is 1. The van der Waals surface area contributed by atoms with Gasteiger partial charge in [0.05, 0.1) is 24.5 Å². The summed E-state index contributed by atoms with van der Waals surface area (Å²) in [6.07, 6.45) is 2.41. The molecule has 0 radical (unpaired) electrons. The average molecular weight is 431 g/mol. The Bertz CT molecular complexity index is 937. The second-order valence-corrected chi connectivity index (χ2v) is 9.59. The van der Waals surface area contributed by atoms with E-state index >= 15 is 0 Å². The molecule has 1 aliphatic rings. The monoisotopic (exact) mass is 430 g/mol. The van der Waals surface area contributed by atoms with Gasteiger partial charge in [-0.3, -0.25) is 4.79 Å². The van der Waals surface area contributed by atoms with Gasteiger partial charge >= 0.3 is 0 Å². The SMILES string of the molecule is CCN(CC)S(=O)(=O)c1cccc(C(=O)NC[C@@H](c2ccccc2)[NH+]2CCCC2)c1. The summed E-state index contributed by atoms with van der Waals surface area (Å²) >= 11 is 0. The maximum atomic E-state index is 12.9. The highest BCUT2D eigenvalue weighted by molar-refractivity contribution is 7.89. The molecule has 1 fully saturated rings. The molecule has 1 aliphatic heterocycles. The highest BCUT2D eigenvalue weighted by atomic mass is 32.2. The molecule has 2 aromatic carbocycles. The Hall–Kier alpha value is -2.22. The zero-order chi connectivity index (χ0) is 21.6. The molecule has 0 saturated carbocycles. The summed E-state index contributed by atoms with van der Waals surface area (Å²) in [4.78, 5) is 14.5. The largest absolute Gasteiger partial charge is 0.346 e. The van der Waals surface area contributed by atoms with Crippen molar-refractivity contribution >= 4 is 15.9 Å². The first-order chi connectivity index (χ1) is 14.5. The zero-order valence-corrected chi connectivity index (χ0v) is 18.6. The number of benzene rings is 2. The van der Waals surface area contributed by atoms with E-state index in [1.54, 1.807) is 18.2 Å². The Morgan fingerprint density at radius 1 is 1.03 bits per heavy atom. The number of likely N-dealkylation sites (tertiary alicyclic amines) is 1. The van der Waals surface area contributed by atoms with E-state index in [4.69, 9.17) is 0 Å². The number of carbonyl (C=O) groups excluding carboxylic acids is 1. The lowest BCUT2D eigenvalue weighted by atomic mass is 10.1. The summed E-state index contributed by atoms with van der Waals surface area (Å²) in [6, 6.07) is 16.8. The third-order valence-corrected chi connectivity index (χ3v) is 7.89. The number of hydrogen-bond donors (Lipinski definition) is 2. The molecule has 0 aromatic heterocycles. The van der Waals surface area contributed by atoms with Crippen molar-refractivity contribution in [1.29, 1.82) is 0 Å². The summed E-state index contributed by atoms with van der Waals surface area (Å²) in [7, 11) is -3.60. The van der Waals surface area contributed by atoms with Gasteiger partial charge in [-0.1, -0.05) is 50.2 Å². The van der Waals surface area contributed by atoms with Crippen molar-refractivity contribution in [2.75, 3.05) is 32.7 Å². The lowest BCUT2D eigenvalue weighted by Crippen LogP contribution is -3.11. The van der Waals surface area contributed by atoms with Crippen molar-refractivity contribution in [3.8, 4) is 0 Å². The van der Waals surface area contributed by atoms with Crippen LogP contribution in [0.4, 0.5) is 0 Å². The minimum absolute atomic E-state index is 0.156. The van der Waals surface area contributed by atoms with E-state index in [9.17, 15) is 13.2 Å². The Morgan fingerprint density at radius 3 is 2.33 bits per heavy atom. The van der Waals surface area contributed by atoms with E-state index < -0.39 is 10.0 Å². The summed E-state index contributed by atoms with van der Waals surface area (Å²) in [5.74, 6) is -0.244. The summed E-state index contributed by atoms with van der Waals surface area (Å²) in [5.41, 5.74) is 1.58. The van der Waals surface area contributed by atoms with Gasteiger partial charge < -0.3 is 10.2 Å². The minimum atomic E-state index is -3.60. The molecule has 2 aromatic rings. The number of nitrogens with one attached hydrogen (secondary N) is 2. The molecule has 1 saturated heterocycles. The van der Waals surface area contributed by atoms with Crippen LogP contribution in [0.25, 0.3) is 0 Å². The number of nitrogens with zero attached hydrogens (tertiary/aromatic N) is 1. The molecule has 1 atom stereocenters. The quantitative estimate of drug-likeness (QED) is 0.638. The van der Waals surface area contributed by atoms with E-state index in [2.05, 4.69) is 17.4 Å². The van der Waals surface area contributed by atoms with E-state index in [0.717, 1.165) is 13.1 Å². The molecular formula is C23H32N3O3S+. The molecule has 0 unspecified atom stereocenters. The summed E-state index contributed by atoms with van der Waals surface area (Å²) in [6.45, 7) is 7.13. The van der Waals surface area contributed by atoms with Crippen molar-refractivity contribution < 1.29 is 18.1 Å². The number of rotatable bonds is 9. The molecule has 3 rings (SSSR count). The van der Waals surface area contributed by atoms with Crippen LogP contribution in [-0.4, -0.2) is 51.4 Å². The van der Waals surface area contributed by atoms with E-state index in [1.165, 1.54) is 33.7 Å². The molecule has 0 spiro atoms. The van der Waals surface area contributed by atoms with Gasteiger partial charge in [0.25, 0.3) is 5.91 Å². The lowest BCUT2D eigenvalue weighted by molar-refractivity contribution is -0.918. The van der Waals surface area contributed by atoms with Crippen molar-refractivity contribution in [3.63, 3.8) is 0 Å². The van der Waals surface area contributed by atoms with E-state index in [1.807, 2.05) is 32.0 Å². The number of hydrogen-bond acceptors (Lipinski definition) is 3. The van der Waals surface area contributed by atoms with Crippen LogP contribution in [0.3, 0.4) is 0 Å². The Kier molecular flexibility index (Phi) is 7.64. The van der Waals surface area contributed by atoms with Gasteiger partial charge in [0, 0.05) is 37.1 Å². The maximum absolute atomic E-state index is 12.9. The second kappa shape index (κ2) is 10.2. The van der Waals surface area contributed by atoms with Crippen molar-refractivity contribution in [2.45, 2.75) is 37.6 Å². The minimum Gasteiger partial charge on any atom is -0.346 e. The molecule has 162 valence electrons. The van der Waals surface area contributed by atoms with Crippen LogP contribution in [0.2, 0.25) is 0 Å². The molecule has 1 heterocycles. The summed E-state index contributed by atoms with van der Waals surface area (Å²) < 4.78 is 27.0. The predicted octanol–water partition coefficient (Wildman–Crippen LogP) is 1.87. The Morgan fingerprint density at radius 2 is 1.70 bits per heavy atom. The maximum Gasteiger partial charge on any atom is 0.251 e. The Balaban J connectivity index is 1.75. The molecule has 30 heavy (non-hydrogen) atoms. The van der Waals surface area contributed by atoms with Crippen molar-refractivity contribution in [2.24, 2.45) is 0 Å². The lowest BCUT2D eigenvalue weighted by Gasteiger charge is -2.25. The predicted molar refractivity (Wildman–Crippen MR) is 118 cm³/mol. The average Bonchev–Trinajstić information content (AvgIpc) is 3.30. The summed E-state index contributed by atoms with van der Waals surface area (Å²) in [5, 5.41) is 3.04. The topological polar surface area (TPSA) is 70.9 Å². The van der Waals surface area contributed by atoms with E-state index in [0.29, 0.717) is 25.2 Å². The van der Waals surface area contributed by atoms with Crippen LogP contribution in [-0.2, 0) is 10.0 Å². The van der Waals surface area contributed by atoms with Crippen LogP contribution >= 0.6 is 0 Å². The van der Waals surface area contributed by atoms with Crippen LogP contribution in [0.15, 0.2) is 59.5 Å². The fourth-order valence-electron chi connectivity index (χ4n) is 4.17. The van der Waals surface area contributed by atoms with Crippen molar-refractivity contribution in [3.05, 3.63) is 65.7 Å². The zero-order valence-electron chi connectivity index (χ0n) is 17.8. The first kappa shape index (κ1) is 22.5. The normalized spacial score (nSPS) is 16.0. The van der Waals surface area contributed by atoms with Crippen LogP contribution in [0, 0.1) is 0 Å². The number of quaternary nitrogens is 1. The molecular weight excluding hydrogens is 398 g/mol. The smallest absolute Gasteiger partial charge is 0.251 e. The van der Waals surface area contributed by atoms with E-state index in [-0.39, 0.29) is 16.8 Å². The molecule has 0 aliphatic carbocycles. The molecule has 0 bridgehead atoms. The second-order valence-electron chi connectivity index (χ2n) is 7.66. The molecule has 6 nitrogen and oxygen atoms in total. The third kappa shape index (κ3) is 5.09. The van der Waals surface area contributed by atoms with Gasteiger partial charge in [0.15, 0.2) is 0 Å². The van der Waals surface area contributed by atoms with Crippen LogP contribution in [0.5, 0.6) is 0 Å². The van der Waals surface area contributed by atoms with Gasteiger partial charge in [0.2, 0.25) is 10.0 Å². The first-order valence-electron chi connectivity index (χ1n) is 10.7. The molecule has 7 heteroatoms.